The van der Waals surface area contributed by atoms with Crippen molar-refractivity contribution >= 4 is 44.6 Å². The molecule has 3 nitrogen and oxygen atoms in total. The van der Waals surface area contributed by atoms with Crippen LogP contribution in [-0.2, 0) is 11.2 Å². The highest BCUT2D eigenvalue weighted by Crippen LogP contribution is 2.34. The molecule has 0 radical (unpaired) electrons. The SMILES string of the molecule is CCCc1c(C)nc2ccc(Br)cc2c1SCCC(=O)[O-]. The van der Waals surface area contributed by atoms with Gasteiger partial charge in [0.1, 0.15) is 0 Å². The Bertz CT molecular complexity index is 673. The Kier molecular flexibility index (Phi) is 5.65. The van der Waals surface area contributed by atoms with E-state index in [2.05, 4.69) is 33.9 Å². The molecule has 0 spiro atoms. The zero-order valence-corrected chi connectivity index (χ0v) is 14.5. The lowest BCUT2D eigenvalue weighted by molar-refractivity contribution is -0.305. The second-order valence-electron chi connectivity index (χ2n) is 4.89. The summed E-state index contributed by atoms with van der Waals surface area (Å²) in [5.41, 5.74) is 3.21. The van der Waals surface area contributed by atoms with Gasteiger partial charge in [0.05, 0.1) is 5.52 Å². The second kappa shape index (κ2) is 7.27. The molecule has 1 aromatic heterocycles. The Morgan fingerprint density at radius 2 is 2.19 bits per heavy atom. The van der Waals surface area contributed by atoms with Crippen LogP contribution in [0.2, 0.25) is 0 Å². The number of hydrogen-bond acceptors (Lipinski definition) is 4. The molecule has 0 amide bonds. The molecule has 2 aromatic rings. The fraction of sp³-hybridized carbons (Fsp3) is 0.375. The number of benzene rings is 1. The number of aryl methyl sites for hydroxylation is 1. The maximum Gasteiger partial charge on any atom is 0.0717 e. The van der Waals surface area contributed by atoms with E-state index in [1.807, 2.05) is 19.1 Å². The first kappa shape index (κ1) is 16.3. The van der Waals surface area contributed by atoms with Gasteiger partial charge in [0.2, 0.25) is 0 Å². The van der Waals surface area contributed by atoms with Crippen molar-refractivity contribution in [2.24, 2.45) is 0 Å². The van der Waals surface area contributed by atoms with Gasteiger partial charge in [-0.25, -0.2) is 0 Å². The van der Waals surface area contributed by atoms with E-state index in [9.17, 15) is 9.90 Å². The zero-order chi connectivity index (χ0) is 15.4. The molecular formula is C16H17BrNO2S-. The average Bonchev–Trinajstić information content (AvgIpc) is 2.42. The molecule has 1 aromatic carbocycles. The molecule has 0 bridgehead atoms. The van der Waals surface area contributed by atoms with Gasteiger partial charge in [0.15, 0.2) is 0 Å². The number of rotatable bonds is 6. The highest BCUT2D eigenvalue weighted by Gasteiger charge is 2.13. The van der Waals surface area contributed by atoms with Gasteiger partial charge in [-0.3, -0.25) is 4.98 Å². The van der Waals surface area contributed by atoms with Crippen molar-refractivity contribution in [3.8, 4) is 0 Å². The number of thioether (sulfide) groups is 1. The van der Waals surface area contributed by atoms with E-state index in [4.69, 9.17) is 0 Å². The highest BCUT2D eigenvalue weighted by atomic mass is 79.9. The number of aliphatic carboxylic acids is 1. The van der Waals surface area contributed by atoms with Gasteiger partial charge in [-0.2, -0.15) is 0 Å². The molecule has 21 heavy (non-hydrogen) atoms. The lowest BCUT2D eigenvalue weighted by Crippen LogP contribution is -2.22. The van der Waals surface area contributed by atoms with Crippen LogP contribution in [0.3, 0.4) is 0 Å². The number of halogens is 1. The Hall–Kier alpha value is -1.07. The third-order valence-electron chi connectivity index (χ3n) is 3.25. The van der Waals surface area contributed by atoms with Crippen LogP contribution in [0.15, 0.2) is 27.6 Å². The van der Waals surface area contributed by atoms with E-state index in [1.54, 1.807) is 11.8 Å². The zero-order valence-electron chi connectivity index (χ0n) is 12.1. The molecule has 0 aliphatic rings. The van der Waals surface area contributed by atoms with Gasteiger partial charge < -0.3 is 9.90 Å². The minimum absolute atomic E-state index is 0.0626. The molecule has 0 unspecified atom stereocenters. The topological polar surface area (TPSA) is 53.0 Å². The van der Waals surface area contributed by atoms with E-state index < -0.39 is 5.97 Å². The number of nitrogens with zero attached hydrogens (tertiary/aromatic N) is 1. The number of carboxylic acids is 1. The summed E-state index contributed by atoms with van der Waals surface area (Å²) >= 11 is 5.08. The van der Waals surface area contributed by atoms with E-state index in [-0.39, 0.29) is 6.42 Å². The molecule has 2 rings (SSSR count). The first-order valence-electron chi connectivity index (χ1n) is 6.94. The minimum atomic E-state index is -1.00. The van der Waals surface area contributed by atoms with Gasteiger partial charge in [-0.1, -0.05) is 29.3 Å². The molecule has 112 valence electrons. The maximum atomic E-state index is 10.6. The summed E-state index contributed by atoms with van der Waals surface area (Å²) in [6, 6.07) is 6.02. The third-order valence-corrected chi connectivity index (χ3v) is 4.91. The summed E-state index contributed by atoms with van der Waals surface area (Å²) in [5, 5.41) is 11.7. The third kappa shape index (κ3) is 3.98. The summed E-state index contributed by atoms with van der Waals surface area (Å²) in [5.74, 6) is -0.486. The molecule has 0 aliphatic carbocycles. The molecular weight excluding hydrogens is 350 g/mol. The number of carbonyl (C=O) groups is 1. The lowest BCUT2D eigenvalue weighted by atomic mass is 10.1. The van der Waals surface area contributed by atoms with E-state index in [0.29, 0.717) is 5.75 Å². The molecule has 0 fully saturated rings. The van der Waals surface area contributed by atoms with Gasteiger partial charge in [0, 0.05) is 32.2 Å². The van der Waals surface area contributed by atoms with Crippen LogP contribution >= 0.6 is 27.7 Å². The summed E-state index contributed by atoms with van der Waals surface area (Å²) < 4.78 is 1.00. The number of carboxylic acid groups (broad SMARTS) is 1. The smallest absolute Gasteiger partial charge is 0.0717 e. The molecule has 0 atom stereocenters. The normalized spacial score (nSPS) is 11.0. The molecule has 5 heteroatoms. The van der Waals surface area contributed by atoms with Gasteiger partial charge in [0.25, 0.3) is 0 Å². The second-order valence-corrected chi connectivity index (χ2v) is 6.91. The van der Waals surface area contributed by atoms with Crippen LogP contribution in [0.4, 0.5) is 0 Å². The Morgan fingerprint density at radius 3 is 2.86 bits per heavy atom. The summed E-state index contributed by atoms with van der Waals surface area (Å²) in [7, 11) is 0. The van der Waals surface area contributed by atoms with Gasteiger partial charge >= 0.3 is 0 Å². The van der Waals surface area contributed by atoms with Gasteiger partial charge in [-0.05, 0) is 43.5 Å². The predicted molar refractivity (Wildman–Crippen MR) is 88.5 cm³/mol. The number of pyridine rings is 1. The first-order chi connectivity index (χ1) is 10.0. The quantitative estimate of drug-likeness (QED) is 0.734. The van der Waals surface area contributed by atoms with Crippen molar-refractivity contribution in [1.82, 2.24) is 4.98 Å². The molecule has 1 heterocycles. The van der Waals surface area contributed by atoms with Gasteiger partial charge in [-0.15, -0.1) is 11.8 Å². The van der Waals surface area contributed by atoms with Crippen molar-refractivity contribution in [3.63, 3.8) is 0 Å². The van der Waals surface area contributed by atoms with Crippen molar-refractivity contribution < 1.29 is 9.90 Å². The Labute approximate surface area is 137 Å². The van der Waals surface area contributed by atoms with Crippen LogP contribution in [0.5, 0.6) is 0 Å². The van der Waals surface area contributed by atoms with Crippen LogP contribution < -0.4 is 5.11 Å². The van der Waals surface area contributed by atoms with E-state index in [0.717, 1.165) is 38.8 Å². The molecule has 0 aliphatic heterocycles. The van der Waals surface area contributed by atoms with Crippen LogP contribution in [-0.4, -0.2) is 16.7 Å². The number of fused-ring (bicyclic) bond motifs is 1. The monoisotopic (exact) mass is 366 g/mol. The maximum absolute atomic E-state index is 10.6. The predicted octanol–water partition coefficient (Wildman–Crippen LogP) is 3.49. The summed E-state index contributed by atoms with van der Waals surface area (Å²) in [6.07, 6.45) is 2.05. The average molecular weight is 367 g/mol. The standard InChI is InChI=1S/C16H18BrNO2S/c1-3-4-12-10(2)18-14-6-5-11(17)9-13(14)16(12)21-8-7-15(19)20/h5-6,9H,3-4,7-8H2,1-2H3,(H,19,20)/p-1. The highest BCUT2D eigenvalue weighted by molar-refractivity contribution is 9.10. The summed E-state index contributed by atoms with van der Waals surface area (Å²) in [6.45, 7) is 4.16. The summed E-state index contributed by atoms with van der Waals surface area (Å²) in [4.78, 5) is 16.5. The van der Waals surface area contributed by atoms with Crippen molar-refractivity contribution in [1.29, 1.82) is 0 Å². The molecule has 0 saturated carbocycles. The fourth-order valence-corrected chi connectivity index (χ4v) is 3.89. The number of carbonyl (C=O) groups excluding carboxylic acids is 1. The van der Waals surface area contributed by atoms with Crippen LogP contribution in [0.25, 0.3) is 10.9 Å². The minimum Gasteiger partial charge on any atom is -0.550 e. The Morgan fingerprint density at radius 1 is 1.43 bits per heavy atom. The van der Waals surface area contributed by atoms with Crippen molar-refractivity contribution in [2.45, 2.75) is 38.0 Å². The largest absolute Gasteiger partial charge is 0.550 e. The van der Waals surface area contributed by atoms with E-state index >= 15 is 0 Å². The van der Waals surface area contributed by atoms with E-state index in [1.165, 1.54) is 5.56 Å². The number of hydrogen-bond donors (Lipinski definition) is 0. The lowest BCUT2D eigenvalue weighted by Gasteiger charge is -2.15. The van der Waals surface area contributed by atoms with Crippen molar-refractivity contribution in [2.75, 3.05) is 5.75 Å². The first-order valence-corrected chi connectivity index (χ1v) is 8.72. The van der Waals surface area contributed by atoms with Crippen LogP contribution in [0, 0.1) is 6.92 Å². The molecule has 0 N–H and O–H groups in total. The fourth-order valence-electron chi connectivity index (χ4n) is 2.31. The molecule has 0 saturated heterocycles. The number of aromatic nitrogens is 1. The Balaban J connectivity index is 2.51. The van der Waals surface area contributed by atoms with Crippen LogP contribution in [0.1, 0.15) is 31.0 Å². The van der Waals surface area contributed by atoms with Crippen molar-refractivity contribution in [3.05, 3.63) is 33.9 Å².